The highest BCUT2D eigenvalue weighted by atomic mass is 127. The first-order valence-corrected chi connectivity index (χ1v) is 4.63. The van der Waals surface area contributed by atoms with Gasteiger partial charge in [-0.3, -0.25) is 2.78 Å². The van der Waals surface area contributed by atoms with Crippen LogP contribution in [-0.4, -0.2) is 26.3 Å². The molecule has 0 amide bonds. The highest BCUT2D eigenvalue weighted by Crippen LogP contribution is 2.17. The zero-order valence-corrected chi connectivity index (χ0v) is 8.58. The largest absolute Gasteiger partial charge is 0.300 e. The van der Waals surface area contributed by atoms with Crippen molar-refractivity contribution in [1.82, 2.24) is 12.7 Å². The van der Waals surface area contributed by atoms with Gasteiger partial charge < -0.3 is 4.90 Å². The van der Waals surface area contributed by atoms with Crippen molar-refractivity contribution < 1.29 is 0 Å². The number of fused-ring (bicyclic) bond motifs is 1. The molecule has 1 aromatic rings. The van der Waals surface area contributed by atoms with Crippen LogP contribution in [-0.2, 0) is 13.0 Å². The summed E-state index contributed by atoms with van der Waals surface area (Å²) >= 11 is 2.28. The zero-order chi connectivity index (χ0) is 7.84. The van der Waals surface area contributed by atoms with Crippen molar-refractivity contribution in [3.63, 3.8) is 0 Å². The lowest BCUT2D eigenvalue weighted by molar-refractivity contribution is 0.307. The van der Waals surface area contributed by atoms with Gasteiger partial charge in [-0.05, 0) is 7.05 Å². The van der Waals surface area contributed by atoms with Gasteiger partial charge >= 0.3 is 0 Å². The minimum absolute atomic E-state index is 1.04. The Kier molecular flexibility index (Phi) is 1.88. The van der Waals surface area contributed by atoms with E-state index in [1.165, 1.54) is 11.4 Å². The fourth-order valence-corrected chi connectivity index (χ4v) is 1.94. The molecule has 0 radical (unpaired) electrons. The van der Waals surface area contributed by atoms with E-state index < -0.39 is 0 Å². The third kappa shape index (κ3) is 1.29. The van der Waals surface area contributed by atoms with Crippen LogP contribution < -0.4 is 0 Å². The van der Waals surface area contributed by atoms with E-state index in [1.54, 1.807) is 0 Å². The van der Waals surface area contributed by atoms with Crippen LogP contribution >= 0.6 is 22.9 Å². The second-order valence-electron chi connectivity index (χ2n) is 2.94. The quantitative estimate of drug-likeness (QED) is 0.653. The third-order valence-electron chi connectivity index (χ3n) is 2.06. The molecule has 0 saturated carbocycles. The Morgan fingerprint density at radius 1 is 1.64 bits per heavy atom. The average molecular weight is 263 g/mol. The van der Waals surface area contributed by atoms with E-state index in [1.807, 2.05) is 6.33 Å². The van der Waals surface area contributed by atoms with Gasteiger partial charge in [-0.2, -0.15) is 0 Å². The molecule has 1 aromatic heterocycles. The molecule has 3 nitrogen and oxygen atoms in total. The van der Waals surface area contributed by atoms with E-state index in [0.29, 0.717) is 0 Å². The SMILES string of the molecule is CN1CCc2ncn(I)c2C1. The van der Waals surface area contributed by atoms with E-state index >= 15 is 0 Å². The van der Waals surface area contributed by atoms with Gasteiger partial charge in [-0.1, -0.05) is 0 Å². The topological polar surface area (TPSA) is 21.1 Å². The highest BCUT2D eigenvalue weighted by molar-refractivity contribution is 14.1. The maximum Gasteiger partial charge on any atom is 0.104 e. The standard InChI is InChI=1S/C7H10IN3/c1-10-3-2-6-7(4-10)11(8)5-9-6/h5H,2-4H2,1H3. The van der Waals surface area contributed by atoms with Gasteiger partial charge in [-0.25, -0.2) is 4.98 Å². The number of nitrogens with zero attached hydrogens (tertiary/aromatic N) is 3. The number of aromatic nitrogens is 2. The van der Waals surface area contributed by atoms with Gasteiger partial charge in [0.1, 0.15) is 6.33 Å². The lowest BCUT2D eigenvalue weighted by atomic mass is 10.2. The molecule has 0 saturated heterocycles. The summed E-state index contributed by atoms with van der Waals surface area (Å²) in [7, 11) is 2.15. The first-order chi connectivity index (χ1) is 5.27. The Balaban J connectivity index is 2.37. The van der Waals surface area contributed by atoms with Crippen molar-refractivity contribution in [2.45, 2.75) is 13.0 Å². The maximum absolute atomic E-state index is 4.32. The Hall–Kier alpha value is -0.100. The molecule has 0 bridgehead atoms. The van der Waals surface area contributed by atoms with E-state index in [2.05, 4.69) is 42.6 Å². The van der Waals surface area contributed by atoms with E-state index in [0.717, 1.165) is 19.5 Å². The molecular formula is C7H10IN3. The number of rotatable bonds is 0. The van der Waals surface area contributed by atoms with Crippen LogP contribution in [0.15, 0.2) is 6.33 Å². The van der Waals surface area contributed by atoms with E-state index in [9.17, 15) is 0 Å². The molecule has 0 atom stereocenters. The summed E-state index contributed by atoms with van der Waals surface area (Å²) in [5.74, 6) is 0. The summed E-state index contributed by atoms with van der Waals surface area (Å²) in [5.41, 5.74) is 2.64. The fraction of sp³-hybridized carbons (Fsp3) is 0.571. The maximum atomic E-state index is 4.32. The predicted octanol–water partition coefficient (Wildman–Crippen LogP) is 1.07. The first kappa shape index (κ1) is 7.54. The molecule has 2 rings (SSSR count). The normalized spacial score (nSPS) is 18.4. The van der Waals surface area contributed by atoms with Crippen molar-refractivity contribution in [3.8, 4) is 0 Å². The molecule has 0 spiro atoms. The second kappa shape index (κ2) is 2.75. The van der Waals surface area contributed by atoms with Crippen LogP contribution in [0.3, 0.4) is 0 Å². The summed E-state index contributed by atoms with van der Waals surface area (Å²) in [6.45, 7) is 2.18. The van der Waals surface area contributed by atoms with Crippen LogP contribution in [0.25, 0.3) is 0 Å². The van der Waals surface area contributed by atoms with Crippen LogP contribution in [0.2, 0.25) is 0 Å². The smallest absolute Gasteiger partial charge is 0.104 e. The third-order valence-corrected chi connectivity index (χ3v) is 2.89. The first-order valence-electron chi connectivity index (χ1n) is 3.67. The molecule has 60 valence electrons. The Morgan fingerprint density at radius 2 is 2.45 bits per heavy atom. The molecule has 2 heterocycles. The minimum atomic E-state index is 1.04. The van der Waals surface area contributed by atoms with Crippen molar-refractivity contribution in [2.24, 2.45) is 0 Å². The van der Waals surface area contributed by atoms with Crippen molar-refractivity contribution in [1.29, 1.82) is 0 Å². The van der Waals surface area contributed by atoms with Crippen LogP contribution in [0, 0.1) is 0 Å². The molecular weight excluding hydrogens is 253 g/mol. The summed E-state index contributed by atoms with van der Waals surface area (Å²) in [5, 5.41) is 0. The van der Waals surface area contributed by atoms with Crippen LogP contribution in [0.1, 0.15) is 11.4 Å². The second-order valence-corrected chi connectivity index (χ2v) is 3.98. The monoisotopic (exact) mass is 263 g/mol. The van der Waals surface area contributed by atoms with Gasteiger partial charge in [0.25, 0.3) is 0 Å². The summed E-state index contributed by atoms with van der Waals surface area (Å²) in [6.07, 6.45) is 2.99. The molecule has 0 unspecified atom stereocenters. The van der Waals surface area contributed by atoms with Crippen molar-refractivity contribution in [2.75, 3.05) is 13.6 Å². The summed E-state index contributed by atoms with van der Waals surface area (Å²) in [4.78, 5) is 6.64. The summed E-state index contributed by atoms with van der Waals surface area (Å²) in [6, 6.07) is 0. The minimum Gasteiger partial charge on any atom is -0.300 e. The molecule has 11 heavy (non-hydrogen) atoms. The van der Waals surface area contributed by atoms with Crippen LogP contribution in [0.4, 0.5) is 0 Å². The molecule has 0 aliphatic carbocycles. The molecule has 0 aromatic carbocycles. The fourth-order valence-electron chi connectivity index (χ4n) is 1.39. The Morgan fingerprint density at radius 3 is 3.27 bits per heavy atom. The highest BCUT2D eigenvalue weighted by Gasteiger charge is 2.16. The van der Waals surface area contributed by atoms with Gasteiger partial charge in [0, 0.05) is 19.5 Å². The zero-order valence-electron chi connectivity index (χ0n) is 6.42. The Bertz CT molecular complexity index is 269. The predicted molar refractivity (Wildman–Crippen MR) is 51.7 cm³/mol. The number of imidazole rings is 1. The molecule has 0 N–H and O–H groups in total. The number of hydrogen-bond acceptors (Lipinski definition) is 2. The number of hydrogen-bond donors (Lipinski definition) is 0. The van der Waals surface area contributed by atoms with Crippen molar-refractivity contribution in [3.05, 3.63) is 17.7 Å². The van der Waals surface area contributed by atoms with Crippen molar-refractivity contribution >= 4 is 22.9 Å². The Labute approximate surface area is 79.9 Å². The van der Waals surface area contributed by atoms with Crippen LogP contribution in [0.5, 0.6) is 0 Å². The number of halogens is 1. The summed E-state index contributed by atoms with van der Waals surface area (Å²) < 4.78 is 2.09. The van der Waals surface area contributed by atoms with E-state index in [-0.39, 0.29) is 0 Å². The van der Waals surface area contributed by atoms with Gasteiger partial charge in [0.2, 0.25) is 0 Å². The molecule has 4 heteroatoms. The number of likely N-dealkylation sites (N-methyl/N-ethyl adjacent to an activating group) is 1. The average Bonchev–Trinajstić information content (AvgIpc) is 2.33. The van der Waals surface area contributed by atoms with Gasteiger partial charge in [-0.15, -0.1) is 0 Å². The molecule has 1 aliphatic heterocycles. The van der Waals surface area contributed by atoms with Gasteiger partial charge in [0.05, 0.1) is 34.3 Å². The van der Waals surface area contributed by atoms with Gasteiger partial charge in [0.15, 0.2) is 0 Å². The lowest BCUT2D eigenvalue weighted by Crippen LogP contribution is -2.27. The lowest BCUT2D eigenvalue weighted by Gasteiger charge is -2.21. The van der Waals surface area contributed by atoms with E-state index in [4.69, 9.17) is 0 Å². The molecule has 0 fully saturated rings. The molecule has 1 aliphatic rings.